The minimum absolute atomic E-state index is 0.0478. The van der Waals surface area contributed by atoms with Gasteiger partial charge in [-0.15, -0.1) is 0 Å². The van der Waals surface area contributed by atoms with Gasteiger partial charge in [0, 0.05) is 17.3 Å². The average Bonchev–Trinajstić information content (AvgIpc) is 3.09. The third kappa shape index (κ3) is 4.41. The van der Waals surface area contributed by atoms with Crippen LogP contribution in [0.4, 0.5) is 32.0 Å². The van der Waals surface area contributed by atoms with Crippen LogP contribution in [0.5, 0.6) is 0 Å². The van der Waals surface area contributed by atoms with E-state index in [0.29, 0.717) is 5.56 Å². The lowest BCUT2D eigenvalue weighted by molar-refractivity contribution is -0.143. The van der Waals surface area contributed by atoms with Crippen LogP contribution in [0.3, 0.4) is 0 Å². The van der Waals surface area contributed by atoms with E-state index in [1.54, 1.807) is 31.2 Å². The first-order valence-corrected chi connectivity index (χ1v) is 8.18. The summed E-state index contributed by atoms with van der Waals surface area (Å²) >= 11 is 0. The SMILES string of the molecule is Cc1ccccc1C(=O)Nc1ccc(-n2nc(C(F)(F)F)cc2C(F)(F)F)cc1. The van der Waals surface area contributed by atoms with Crippen LogP contribution in [0.15, 0.2) is 54.6 Å². The number of benzene rings is 2. The molecule has 1 amide bonds. The van der Waals surface area contributed by atoms with Crippen molar-refractivity contribution in [2.24, 2.45) is 0 Å². The van der Waals surface area contributed by atoms with Crippen LogP contribution < -0.4 is 5.32 Å². The molecule has 0 fully saturated rings. The molecule has 1 heterocycles. The van der Waals surface area contributed by atoms with E-state index in [1.807, 2.05) is 0 Å². The van der Waals surface area contributed by atoms with Gasteiger partial charge in [-0.3, -0.25) is 4.79 Å². The lowest BCUT2D eigenvalue weighted by Gasteiger charge is -2.11. The minimum atomic E-state index is -5.03. The van der Waals surface area contributed by atoms with Crippen molar-refractivity contribution in [3.8, 4) is 5.69 Å². The molecule has 0 saturated heterocycles. The van der Waals surface area contributed by atoms with E-state index in [2.05, 4.69) is 10.4 Å². The second-order valence-corrected chi connectivity index (χ2v) is 6.14. The second-order valence-electron chi connectivity index (χ2n) is 6.14. The summed E-state index contributed by atoms with van der Waals surface area (Å²) in [5, 5.41) is 5.63. The predicted molar refractivity (Wildman–Crippen MR) is 92.7 cm³/mol. The maximum Gasteiger partial charge on any atom is 0.435 e. The van der Waals surface area contributed by atoms with Crippen molar-refractivity contribution in [1.82, 2.24) is 9.78 Å². The highest BCUT2D eigenvalue weighted by Crippen LogP contribution is 2.36. The molecule has 0 saturated carbocycles. The molecule has 29 heavy (non-hydrogen) atoms. The summed E-state index contributed by atoms with van der Waals surface area (Å²) < 4.78 is 77.9. The van der Waals surface area contributed by atoms with Crippen LogP contribution in [-0.4, -0.2) is 15.7 Å². The Morgan fingerprint density at radius 1 is 0.931 bits per heavy atom. The molecular weight excluding hydrogens is 400 g/mol. The summed E-state index contributed by atoms with van der Waals surface area (Å²) in [6.07, 6.45) is -10.1. The number of carbonyl (C=O) groups is 1. The van der Waals surface area contributed by atoms with Gasteiger partial charge in [0.25, 0.3) is 5.91 Å². The number of halogens is 6. The number of amides is 1. The third-order valence-corrected chi connectivity index (χ3v) is 4.05. The topological polar surface area (TPSA) is 46.9 Å². The minimum Gasteiger partial charge on any atom is -0.322 e. The smallest absolute Gasteiger partial charge is 0.322 e. The summed E-state index contributed by atoms with van der Waals surface area (Å²) in [6, 6.07) is 11.6. The van der Waals surface area contributed by atoms with Crippen LogP contribution >= 0.6 is 0 Å². The van der Waals surface area contributed by atoms with Crippen LogP contribution in [0.1, 0.15) is 27.3 Å². The largest absolute Gasteiger partial charge is 0.435 e. The number of nitrogens with one attached hydrogen (secondary N) is 1. The molecule has 0 spiro atoms. The monoisotopic (exact) mass is 413 g/mol. The number of nitrogens with zero attached hydrogens (tertiary/aromatic N) is 2. The molecule has 0 unspecified atom stereocenters. The molecule has 0 atom stereocenters. The Hall–Kier alpha value is -3.30. The summed E-state index contributed by atoms with van der Waals surface area (Å²) in [5.41, 5.74) is -2.03. The van der Waals surface area contributed by atoms with Gasteiger partial charge >= 0.3 is 12.4 Å². The number of anilines is 1. The van der Waals surface area contributed by atoms with Crippen LogP contribution in [-0.2, 0) is 12.4 Å². The fraction of sp³-hybridized carbons (Fsp3) is 0.158. The number of aryl methyl sites for hydroxylation is 1. The van der Waals surface area contributed by atoms with Crippen LogP contribution in [0.2, 0.25) is 0 Å². The predicted octanol–water partition coefficient (Wildman–Crippen LogP) is 5.47. The van der Waals surface area contributed by atoms with Crippen molar-refractivity contribution in [3.63, 3.8) is 0 Å². The normalized spacial score (nSPS) is 12.1. The molecule has 0 aliphatic carbocycles. The number of rotatable bonds is 3. The molecule has 0 bridgehead atoms. The van der Waals surface area contributed by atoms with Crippen molar-refractivity contribution in [2.75, 3.05) is 5.32 Å². The van der Waals surface area contributed by atoms with Crippen LogP contribution in [0, 0.1) is 6.92 Å². The molecule has 1 N–H and O–H groups in total. The quantitative estimate of drug-likeness (QED) is 0.579. The van der Waals surface area contributed by atoms with E-state index in [9.17, 15) is 31.1 Å². The van der Waals surface area contributed by atoms with Crippen molar-refractivity contribution in [2.45, 2.75) is 19.3 Å². The molecule has 0 radical (unpaired) electrons. The Morgan fingerprint density at radius 2 is 1.55 bits per heavy atom. The zero-order valence-corrected chi connectivity index (χ0v) is 14.8. The number of hydrogen-bond acceptors (Lipinski definition) is 2. The molecule has 2 aromatic carbocycles. The Bertz CT molecular complexity index is 1040. The maximum absolute atomic E-state index is 13.1. The Kier molecular flexibility index (Phi) is 5.12. The zero-order valence-electron chi connectivity index (χ0n) is 14.8. The van der Waals surface area contributed by atoms with E-state index < -0.39 is 29.6 Å². The molecular formula is C19H13F6N3O. The third-order valence-electron chi connectivity index (χ3n) is 4.05. The van der Waals surface area contributed by atoms with Gasteiger partial charge in [-0.2, -0.15) is 31.4 Å². The molecule has 152 valence electrons. The number of alkyl halides is 6. The van der Waals surface area contributed by atoms with E-state index in [1.165, 1.54) is 12.1 Å². The molecule has 0 aliphatic heterocycles. The second kappa shape index (κ2) is 7.26. The van der Waals surface area contributed by atoms with Crippen molar-refractivity contribution >= 4 is 11.6 Å². The first-order valence-electron chi connectivity index (χ1n) is 8.18. The lowest BCUT2D eigenvalue weighted by Crippen LogP contribution is -2.14. The first-order chi connectivity index (χ1) is 13.5. The van der Waals surface area contributed by atoms with Crippen molar-refractivity contribution in [1.29, 1.82) is 0 Å². The van der Waals surface area contributed by atoms with Crippen LogP contribution in [0.25, 0.3) is 5.69 Å². The van der Waals surface area contributed by atoms with Gasteiger partial charge in [0.2, 0.25) is 0 Å². The van der Waals surface area contributed by atoms with E-state index in [4.69, 9.17) is 0 Å². The molecule has 3 aromatic rings. The fourth-order valence-corrected chi connectivity index (χ4v) is 2.63. The zero-order chi connectivity index (χ0) is 21.4. The van der Waals surface area contributed by atoms with Gasteiger partial charge < -0.3 is 5.32 Å². The lowest BCUT2D eigenvalue weighted by atomic mass is 10.1. The highest BCUT2D eigenvalue weighted by molar-refractivity contribution is 6.05. The number of carbonyl (C=O) groups excluding carboxylic acids is 1. The van der Waals surface area contributed by atoms with Gasteiger partial charge in [-0.05, 0) is 42.8 Å². The maximum atomic E-state index is 13.1. The summed E-state index contributed by atoms with van der Waals surface area (Å²) in [6.45, 7) is 1.74. The molecule has 0 aliphatic rings. The Balaban J connectivity index is 1.90. The highest BCUT2D eigenvalue weighted by atomic mass is 19.4. The van der Waals surface area contributed by atoms with Gasteiger partial charge in [0.1, 0.15) is 5.69 Å². The average molecular weight is 413 g/mol. The number of aromatic nitrogens is 2. The standard InChI is InChI=1S/C19H13F6N3O/c1-11-4-2-3-5-14(11)17(29)26-12-6-8-13(9-7-12)28-16(19(23,24)25)10-15(27-28)18(20,21)22/h2-10H,1H3,(H,26,29). The van der Waals surface area contributed by atoms with Crippen molar-refractivity contribution < 1.29 is 31.1 Å². The molecule has 4 nitrogen and oxygen atoms in total. The first kappa shape index (κ1) is 20.4. The highest BCUT2D eigenvalue weighted by Gasteiger charge is 2.42. The summed E-state index contributed by atoms with van der Waals surface area (Å²) in [7, 11) is 0. The Labute approximate surface area is 160 Å². The van der Waals surface area contributed by atoms with E-state index >= 15 is 0 Å². The Morgan fingerprint density at radius 3 is 2.10 bits per heavy atom. The molecule has 10 heteroatoms. The van der Waals surface area contributed by atoms with Gasteiger partial charge in [0.15, 0.2) is 5.69 Å². The van der Waals surface area contributed by atoms with E-state index in [0.717, 1.165) is 17.7 Å². The van der Waals surface area contributed by atoms with Gasteiger partial charge in [0.05, 0.1) is 5.69 Å². The van der Waals surface area contributed by atoms with E-state index in [-0.39, 0.29) is 22.1 Å². The fourth-order valence-electron chi connectivity index (χ4n) is 2.63. The summed E-state index contributed by atoms with van der Waals surface area (Å²) in [5.74, 6) is -0.426. The summed E-state index contributed by atoms with van der Waals surface area (Å²) in [4.78, 5) is 12.3. The molecule has 1 aromatic heterocycles. The molecule has 3 rings (SSSR count). The van der Waals surface area contributed by atoms with Gasteiger partial charge in [-0.25, -0.2) is 4.68 Å². The van der Waals surface area contributed by atoms with Crippen molar-refractivity contribution in [3.05, 3.63) is 77.1 Å². The van der Waals surface area contributed by atoms with Gasteiger partial charge in [-0.1, -0.05) is 18.2 Å². The number of hydrogen-bond donors (Lipinski definition) is 1.